The van der Waals surface area contributed by atoms with E-state index >= 15 is 0 Å². The van der Waals surface area contributed by atoms with Crippen LogP contribution in [0.1, 0.15) is 10.4 Å². The van der Waals surface area contributed by atoms with Crippen LogP contribution in [0.5, 0.6) is 0 Å². The molecule has 3 rings (SSSR count). The Labute approximate surface area is 168 Å². The van der Waals surface area contributed by atoms with Gasteiger partial charge in [0.05, 0.1) is 16.7 Å². The molecule has 0 saturated carbocycles. The molecule has 0 amide bonds. The van der Waals surface area contributed by atoms with E-state index in [-0.39, 0.29) is 17.1 Å². The fraction of sp³-hybridized carbons (Fsp3) is 0.105. The molecule has 0 aliphatic rings. The summed E-state index contributed by atoms with van der Waals surface area (Å²) >= 11 is 10.5. The molecule has 132 valence electrons. The van der Waals surface area contributed by atoms with Crippen LogP contribution in [0.3, 0.4) is 0 Å². The molecule has 0 fully saturated rings. The first-order valence-corrected chi connectivity index (χ1v) is 9.88. The van der Waals surface area contributed by atoms with Crippen LogP contribution in [-0.4, -0.2) is 21.1 Å². The number of nitrogens with zero attached hydrogens (tertiary/aromatic N) is 2. The molecule has 7 heteroatoms. The Hall–Kier alpha value is -1.89. The molecule has 0 aliphatic heterocycles. The normalized spacial score (nSPS) is 10.8. The highest BCUT2D eigenvalue weighted by atomic mass is 79.9. The summed E-state index contributed by atoms with van der Waals surface area (Å²) in [4.78, 5) is 29.7. The third kappa shape index (κ3) is 4.09. The maximum atomic E-state index is 12.8. The number of hydrogen-bond acceptors (Lipinski definition) is 4. The van der Waals surface area contributed by atoms with Gasteiger partial charge in [0, 0.05) is 21.6 Å². The number of halogens is 2. The number of rotatable bonds is 6. The van der Waals surface area contributed by atoms with Crippen LogP contribution in [0.4, 0.5) is 0 Å². The van der Waals surface area contributed by atoms with Crippen molar-refractivity contribution in [3.05, 3.63) is 80.5 Å². The number of carbonyl (C=O) groups is 1. The number of Topliss-reactive ketones (excluding diaryl/α,β-unsaturated/α-hetero) is 1. The number of benzene rings is 2. The Morgan fingerprint density at radius 2 is 2.00 bits per heavy atom. The Bertz CT molecular complexity index is 1050. The van der Waals surface area contributed by atoms with Gasteiger partial charge < -0.3 is 0 Å². The van der Waals surface area contributed by atoms with E-state index in [2.05, 4.69) is 27.5 Å². The Morgan fingerprint density at radius 3 is 2.69 bits per heavy atom. The molecular formula is C19H14BrClN2O2S. The van der Waals surface area contributed by atoms with Crippen molar-refractivity contribution in [3.63, 3.8) is 0 Å². The largest absolute Gasteiger partial charge is 0.293 e. The monoisotopic (exact) mass is 448 g/mol. The molecule has 0 N–H and O–H groups in total. The summed E-state index contributed by atoms with van der Waals surface area (Å²) in [5.74, 6) is 0.120. The van der Waals surface area contributed by atoms with Crippen molar-refractivity contribution in [3.8, 4) is 0 Å². The molecule has 26 heavy (non-hydrogen) atoms. The van der Waals surface area contributed by atoms with E-state index in [4.69, 9.17) is 11.6 Å². The van der Waals surface area contributed by atoms with Crippen molar-refractivity contribution in [2.45, 2.75) is 11.7 Å². The van der Waals surface area contributed by atoms with E-state index in [1.807, 2.05) is 6.07 Å². The van der Waals surface area contributed by atoms with Gasteiger partial charge in [-0.25, -0.2) is 4.98 Å². The fourth-order valence-corrected chi connectivity index (χ4v) is 3.81. The first kappa shape index (κ1) is 18.9. The highest BCUT2D eigenvalue weighted by molar-refractivity contribution is 9.10. The SMILES string of the molecule is C=CCn1c(SCC(=O)c2ccc(Cl)cc2)nc2ccc(Br)cc2c1=O. The predicted molar refractivity (Wildman–Crippen MR) is 110 cm³/mol. The number of hydrogen-bond donors (Lipinski definition) is 0. The molecule has 2 aromatic carbocycles. The second kappa shape index (κ2) is 8.20. The molecule has 1 heterocycles. The summed E-state index contributed by atoms with van der Waals surface area (Å²) in [7, 11) is 0. The lowest BCUT2D eigenvalue weighted by Gasteiger charge is -2.11. The topological polar surface area (TPSA) is 52.0 Å². The average Bonchev–Trinajstić information content (AvgIpc) is 2.63. The van der Waals surface area contributed by atoms with Crippen molar-refractivity contribution in [2.75, 3.05) is 5.75 Å². The Balaban J connectivity index is 1.93. The minimum absolute atomic E-state index is 0.0537. The first-order chi connectivity index (χ1) is 12.5. The quantitative estimate of drug-likeness (QED) is 0.231. The number of fused-ring (bicyclic) bond motifs is 1. The zero-order valence-electron chi connectivity index (χ0n) is 13.6. The number of thioether (sulfide) groups is 1. The second-order valence-corrected chi connectivity index (χ2v) is 7.77. The van der Waals surface area contributed by atoms with E-state index in [0.29, 0.717) is 33.2 Å². The van der Waals surface area contributed by atoms with Crippen LogP contribution in [0.25, 0.3) is 10.9 Å². The first-order valence-electron chi connectivity index (χ1n) is 7.72. The Morgan fingerprint density at radius 1 is 1.27 bits per heavy atom. The smallest absolute Gasteiger partial charge is 0.262 e. The number of carbonyl (C=O) groups excluding carboxylic acids is 1. The third-order valence-corrected chi connectivity index (χ3v) is 5.41. The zero-order valence-corrected chi connectivity index (χ0v) is 16.8. The van der Waals surface area contributed by atoms with Gasteiger partial charge in [0.25, 0.3) is 5.56 Å². The van der Waals surface area contributed by atoms with Gasteiger partial charge in [-0.1, -0.05) is 45.4 Å². The summed E-state index contributed by atoms with van der Waals surface area (Å²) in [6.45, 7) is 4.03. The fourth-order valence-electron chi connectivity index (χ4n) is 2.42. The molecule has 1 aromatic heterocycles. The molecule has 0 bridgehead atoms. The number of aromatic nitrogens is 2. The van der Waals surface area contributed by atoms with Crippen LogP contribution in [0.15, 0.2) is 69.5 Å². The van der Waals surface area contributed by atoms with Gasteiger partial charge >= 0.3 is 0 Å². The highest BCUT2D eigenvalue weighted by Gasteiger charge is 2.14. The zero-order chi connectivity index (χ0) is 18.7. The van der Waals surface area contributed by atoms with E-state index in [9.17, 15) is 9.59 Å². The van der Waals surface area contributed by atoms with Gasteiger partial charge in [0.1, 0.15) is 0 Å². The summed E-state index contributed by atoms with van der Waals surface area (Å²) in [6.07, 6.45) is 1.64. The molecule has 0 spiro atoms. The summed E-state index contributed by atoms with van der Waals surface area (Å²) < 4.78 is 2.34. The lowest BCUT2D eigenvalue weighted by atomic mass is 10.1. The lowest BCUT2D eigenvalue weighted by Crippen LogP contribution is -2.23. The standard InChI is InChI=1S/C19H14BrClN2O2S/c1-2-9-23-18(25)15-10-13(20)5-8-16(15)22-19(23)26-11-17(24)12-3-6-14(21)7-4-12/h2-8,10H,1,9,11H2. The van der Waals surface area contributed by atoms with Gasteiger partial charge in [-0.15, -0.1) is 6.58 Å². The maximum absolute atomic E-state index is 12.8. The van der Waals surface area contributed by atoms with Crippen molar-refractivity contribution in [1.82, 2.24) is 9.55 Å². The van der Waals surface area contributed by atoms with Crippen LogP contribution in [0.2, 0.25) is 5.02 Å². The average molecular weight is 450 g/mol. The predicted octanol–water partition coefficient (Wildman–Crippen LogP) is 4.97. The van der Waals surface area contributed by atoms with Crippen LogP contribution < -0.4 is 5.56 Å². The number of ketones is 1. The highest BCUT2D eigenvalue weighted by Crippen LogP contribution is 2.22. The number of allylic oxidation sites excluding steroid dienone is 1. The van der Waals surface area contributed by atoms with Crippen molar-refractivity contribution >= 4 is 56.0 Å². The molecule has 0 radical (unpaired) electrons. The summed E-state index contributed by atoms with van der Waals surface area (Å²) in [5.41, 5.74) is 1.02. The molecule has 0 atom stereocenters. The van der Waals surface area contributed by atoms with Crippen LogP contribution in [0, 0.1) is 0 Å². The van der Waals surface area contributed by atoms with E-state index in [0.717, 1.165) is 4.47 Å². The second-order valence-electron chi connectivity index (χ2n) is 5.48. The minimum Gasteiger partial charge on any atom is -0.293 e. The molecule has 0 aliphatic carbocycles. The molecular weight excluding hydrogens is 436 g/mol. The third-order valence-electron chi connectivity index (χ3n) is 3.69. The molecule has 3 aromatic rings. The van der Waals surface area contributed by atoms with Crippen molar-refractivity contribution < 1.29 is 4.79 Å². The van der Waals surface area contributed by atoms with Gasteiger partial charge in [0.2, 0.25) is 0 Å². The minimum atomic E-state index is -0.155. The Kier molecular flexibility index (Phi) is 5.96. The van der Waals surface area contributed by atoms with Crippen molar-refractivity contribution in [2.24, 2.45) is 0 Å². The maximum Gasteiger partial charge on any atom is 0.262 e. The molecule has 0 saturated heterocycles. The van der Waals surface area contributed by atoms with Gasteiger partial charge in [-0.3, -0.25) is 14.2 Å². The van der Waals surface area contributed by atoms with Gasteiger partial charge in [0.15, 0.2) is 10.9 Å². The van der Waals surface area contributed by atoms with E-state index in [1.165, 1.54) is 16.3 Å². The van der Waals surface area contributed by atoms with Crippen molar-refractivity contribution in [1.29, 1.82) is 0 Å². The van der Waals surface area contributed by atoms with E-state index < -0.39 is 0 Å². The van der Waals surface area contributed by atoms with Crippen LogP contribution in [-0.2, 0) is 6.54 Å². The lowest BCUT2D eigenvalue weighted by molar-refractivity contribution is 0.102. The van der Waals surface area contributed by atoms with Gasteiger partial charge in [-0.05, 0) is 42.5 Å². The molecule has 0 unspecified atom stereocenters. The van der Waals surface area contributed by atoms with E-state index in [1.54, 1.807) is 42.5 Å². The summed E-state index contributed by atoms with van der Waals surface area (Å²) in [5, 5.41) is 1.60. The van der Waals surface area contributed by atoms with Gasteiger partial charge in [-0.2, -0.15) is 0 Å². The molecule has 4 nitrogen and oxygen atoms in total. The van der Waals surface area contributed by atoms with Crippen LogP contribution >= 0.6 is 39.3 Å². The summed E-state index contributed by atoms with van der Waals surface area (Å²) in [6, 6.07) is 12.1.